The Labute approximate surface area is 99.5 Å². The van der Waals surface area contributed by atoms with Crippen molar-refractivity contribution in [2.75, 3.05) is 38.2 Å². The Morgan fingerprint density at radius 3 is 2.60 bits per heavy atom. The topological polar surface area (TPSA) is 41.6 Å². The van der Waals surface area contributed by atoms with Gasteiger partial charge in [-0.1, -0.05) is 15.9 Å². The number of amides is 1. The van der Waals surface area contributed by atoms with Gasteiger partial charge in [0.15, 0.2) is 0 Å². The predicted molar refractivity (Wildman–Crippen MR) is 63.3 cm³/mol. The predicted octanol–water partition coefficient (Wildman–Crippen LogP) is 0.608. The molecule has 1 N–H and O–H groups in total. The molecule has 0 saturated carbocycles. The highest BCUT2D eigenvalue weighted by Crippen LogP contribution is 2.14. The van der Waals surface area contributed by atoms with Gasteiger partial charge in [0.05, 0.1) is 18.5 Å². The fourth-order valence-corrected chi connectivity index (χ4v) is 1.84. The van der Waals surface area contributed by atoms with Crippen molar-refractivity contribution in [1.29, 1.82) is 0 Å². The maximum atomic E-state index is 11.1. The van der Waals surface area contributed by atoms with E-state index in [2.05, 4.69) is 40.0 Å². The van der Waals surface area contributed by atoms with Crippen LogP contribution in [0.5, 0.6) is 0 Å². The Morgan fingerprint density at radius 1 is 1.47 bits per heavy atom. The summed E-state index contributed by atoms with van der Waals surface area (Å²) < 4.78 is 5.31. The maximum absolute atomic E-state index is 11.1. The number of ether oxygens (including phenoxy) is 1. The van der Waals surface area contributed by atoms with Gasteiger partial charge in [0.25, 0.3) is 0 Å². The van der Waals surface area contributed by atoms with E-state index in [1.807, 2.05) is 0 Å². The fourth-order valence-electron chi connectivity index (χ4n) is 1.64. The summed E-state index contributed by atoms with van der Waals surface area (Å²) in [6.07, 6.45) is 0. The van der Waals surface area contributed by atoms with E-state index in [1.165, 1.54) is 0 Å². The Bertz CT molecular complexity index is 215. The number of morpholine rings is 1. The molecular weight excluding hydrogens is 260 g/mol. The number of carbonyl (C=O) groups excluding carboxylic acids is 1. The summed E-state index contributed by atoms with van der Waals surface area (Å²) >= 11 is 3.13. The Hall–Kier alpha value is -0.130. The highest BCUT2D eigenvalue weighted by molar-refractivity contribution is 9.09. The highest BCUT2D eigenvalue weighted by Gasteiger charge is 2.28. The molecule has 1 rings (SSSR count). The molecule has 0 bridgehead atoms. The smallest absolute Gasteiger partial charge is 0.230 e. The molecule has 15 heavy (non-hydrogen) atoms. The van der Waals surface area contributed by atoms with E-state index in [1.54, 1.807) is 0 Å². The second kappa shape index (κ2) is 5.82. The van der Waals surface area contributed by atoms with Gasteiger partial charge in [0, 0.05) is 25.2 Å². The first-order valence-electron chi connectivity index (χ1n) is 5.22. The van der Waals surface area contributed by atoms with Gasteiger partial charge in [0.2, 0.25) is 5.91 Å². The third kappa shape index (κ3) is 4.09. The molecular formula is C10H19BrN2O2. The van der Waals surface area contributed by atoms with Gasteiger partial charge >= 0.3 is 0 Å². The third-order valence-electron chi connectivity index (χ3n) is 2.71. The lowest BCUT2D eigenvalue weighted by Gasteiger charge is -2.40. The van der Waals surface area contributed by atoms with Crippen molar-refractivity contribution < 1.29 is 9.53 Å². The van der Waals surface area contributed by atoms with Gasteiger partial charge in [-0.25, -0.2) is 0 Å². The van der Waals surface area contributed by atoms with Crippen molar-refractivity contribution in [2.24, 2.45) is 0 Å². The molecule has 1 aliphatic rings. The van der Waals surface area contributed by atoms with Gasteiger partial charge in [-0.2, -0.15) is 0 Å². The number of alkyl halides is 1. The zero-order valence-electron chi connectivity index (χ0n) is 9.38. The lowest BCUT2D eigenvalue weighted by Crippen LogP contribution is -2.55. The van der Waals surface area contributed by atoms with Crippen LogP contribution in [0.1, 0.15) is 13.8 Å². The molecule has 5 heteroatoms. The van der Waals surface area contributed by atoms with Crippen LogP contribution < -0.4 is 5.32 Å². The molecule has 0 radical (unpaired) electrons. The molecule has 0 atom stereocenters. The molecule has 0 aromatic carbocycles. The highest BCUT2D eigenvalue weighted by atomic mass is 79.9. The Kier molecular flexibility index (Phi) is 5.02. The summed E-state index contributed by atoms with van der Waals surface area (Å²) in [5, 5.41) is 3.27. The first-order chi connectivity index (χ1) is 7.06. The lowest BCUT2D eigenvalue weighted by molar-refractivity contribution is -0.119. The van der Waals surface area contributed by atoms with E-state index in [0.29, 0.717) is 11.9 Å². The van der Waals surface area contributed by atoms with Crippen LogP contribution in [0, 0.1) is 0 Å². The van der Waals surface area contributed by atoms with Crippen molar-refractivity contribution >= 4 is 21.8 Å². The van der Waals surface area contributed by atoms with Gasteiger partial charge in [-0.15, -0.1) is 0 Å². The number of hydrogen-bond acceptors (Lipinski definition) is 3. The number of hydrogen-bond donors (Lipinski definition) is 1. The molecule has 0 aliphatic carbocycles. The zero-order valence-corrected chi connectivity index (χ0v) is 11.0. The Morgan fingerprint density at radius 2 is 2.07 bits per heavy atom. The molecule has 0 unspecified atom stereocenters. The second-order valence-corrected chi connectivity index (χ2v) is 4.88. The van der Waals surface area contributed by atoms with Crippen molar-refractivity contribution in [3.8, 4) is 0 Å². The zero-order chi connectivity index (χ0) is 11.3. The molecule has 1 heterocycles. The van der Waals surface area contributed by atoms with Gasteiger partial charge < -0.3 is 10.1 Å². The number of nitrogens with zero attached hydrogens (tertiary/aromatic N) is 1. The molecule has 1 fully saturated rings. The van der Waals surface area contributed by atoms with Crippen molar-refractivity contribution in [3.63, 3.8) is 0 Å². The first kappa shape index (κ1) is 12.9. The van der Waals surface area contributed by atoms with E-state index in [4.69, 9.17) is 4.74 Å². The second-order valence-electron chi connectivity index (χ2n) is 4.32. The summed E-state index contributed by atoms with van der Waals surface area (Å²) in [4.78, 5) is 13.5. The number of nitrogens with one attached hydrogen (secondary N) is 1. The van der Waals surface area contributed by atoms with Gasteiger partial charge in [-0.3, -0.25) is 9.69 Å². The molecule has 1 amide bonds. The molecule has 0 aromatic rings. The summed E-state index contributed by atoms with van der Waals surface area (Å²) in [6, 6.07) is 0. The molecule has 0 spiro atoms. The average molecular weight is 279 g/mol. The van der Waals surface area contributed by atoms with Crippen LogP contribution in [-0.4, -0.2) is 54.5 Å². The minimum Gasteiger partial charge on any atom is -0.379 e. The molecule has 88 valence electrons. The summed E-state index contributed by atoms with van der Waals surface area (Å²) in [5.41, 5.74) is 0.00160. The van der Waals surface area contributed by atoms with Crippen molar-refractivity contribution in [3.05, 3.63) is 0 Å². The summed E-state index contributed by atoms with van der Waals surface area (Å²) in [7, 11) is 0. The normalized spacial score (nSPS) is 18.9. The molecule has 4 nitrogen and oxygen atoms in total. The minimum atomic E-state index is 0.00160. The van der Waals surface area contributed by atoms with Crippen molar-refractivity contribution in [2.45, 2.75) is 19.4 Å². The van der Waals surface area contributed by atoms with Gasteiger partial charge in [0.1, 0.15) is 0 Å². The van der Waals surface area contributed by atoms with Crippen LogP contribution in [0.4, 0.5) is 0 Å². The largest absolute Gasteiger partial charge is 0.379 e. The summed E-state index contributed by atoms with van der Waals surface area (Å²) in [5.74, 6) is 0.0383. The monoisotopic (exact) mass is 278 g/mol. The minimum absolute atomic E-state index is 0.00160. The van der Waals surface area contributed by atoms with E-state index in [9.17, 15) is 4.79 Å². The van der Waals surface area contributed by atoms with Gasteiger partial charge in [-0.05, 0) is 13.8 Å². The third-order valence-corrected chi connectivity index (χ3v) is 3.22. The number of halogens is 1. The van der Waals surface area contributed by atoms with E-state index < -0.39 is 0 Å². The summed E-state index contributed by atoms with van der Waals surface area (Å²) in [6.45, 7) is 8.43. The van der Waals surface area contributed by atoms with E-state index >= 15 is 0 Å². The van der Waals surface area contributed by atoms with Crippen LogP contribution in [0.2, 0.25) is 0 Å². The lowest BCUT2D eigenvalue weighted by atomic mass is 10.0. The van der Waals surface area contributed by atoms with Crippen molar-refractivity contribution in [1.82, 2.24) is 10.2 Å². The number of rotatable bonds is 4. The van der Waals surface area contributed by atoms with Crippen LogP contribution in [-0.2, 0) is 9.53 Å². The fraction of sp³-hybridized carbons (Fsp3) is 0.900. The Balaban J connectivity index is 2.38. The van der Waals surface area contributed by atoms with Crippen LogP contribution in [0.25, 0.3) is 0 Å². The first-order valence-corrected chi connectivity index (χ1v) is 6.34. The standard InChI is InChI=1S/C10H19BrN2O2/c1-10(2,8-12-9(14)7-11)13-3-5-15-6-4-13/h3-8H2,1-2H3,(H,12,14). The SMILES string of the molecule is CC(C)(CNC(=O)CBr)N1CCOCC1. The molecule has 1 aliphatic heterocycles. The molecule has 0 aromatic heterocycles. The quantitative estimate of drug-likeness (QED) is 0.767. The number of carbonyl (C=O) groups is 1. The van der Waals surface area contributed by atoms with Crippen LogP contribution in [0.15, 0.2) is 0 Å². The maximum Gasteiger partial charge on any atom is 0.230 e. The van der Waals surface area contributed by atoms with E-state index in [0.717, 1.165) is 26.3 Å². The van der Waals surface area contributed by atoms with Crippen LogP contribution >= 0.6 is 15.9 Å². The van der Waals surface area contributed by atoms with Crippen LogP contribution in [0.3, 0.4) is 0 Å². The molecule has 1 saturated heterocycles. The average Bonchev–Trinajstić information content (AvgIpc) is 2.27. The van der Waals surface area contributed by atoms with E-state index in [-0.39, 0.29) is 11.4 Å².